The largest absolute Gasteiger partial charge is 0.493 e. The second kappa shape index (κ2) is 6.30. The van der Waals surface area contributed by atoms with Crippen LogP contribution in [0.4, 0.5) is 0 Å². The number of nitrogens with one attached hydrogen (secondary N) is 1. The van der Waals surface area contributed by atoms with Crippen molar-refractivity contribution in [2.24, 2.45) is 5.92 Å². The molecule has 2 heterocycles. The predicted molar refractivity (Wildman–Crippen MR) is 99.2 cm³/mol. The van der Waals surface area contributed by atoms with Crippen LogP contribution in [0.2, 0.25) is 0 Å². The van der Waals surface area contributed by atoms with Gasteiger partial charge in [-0.3, -0.25) is 0 Å². The van der Waals surface area contributed by atoms with Crippen LogP contribution in [-0.2, 0) is 9.31 Å². The molecule has 0 aromatic heterocycles. The van der Waals surface area contributed by atoms with Crippen molar-refractivity contribution in [2.75, 3.05) is 0 Å². The zero-order valence-corrected chi connectivity index (χ0v) is 16.6. The fourth-order valence-corrected chi connectivity index (χ4v) is 4.25. The average molecular weight is 345 g/mol. The Bertz CT molecular complexity index is 576. The molecule has 25 heavy (non-hydrogen) atoms. The first kappa shape index (κ1) is 18.8. The second-order valence-corrected chi connectivity index (χ2v) is 9.11. The van der Waals surface area contributed by atoms with Gasteiger partial charge in [-0.2, -0.15) is 5.26 Å². The van der Waals surface area contributed by atoms with Crippen LogP contribution in [0.1, 0.15) is 73.6 Å². The van der Waals surface area contributed by atoms with Crippen molar-refractivity contribution in [1.29, 1.82) is 5.26 Å². The number of rotatable bonds is 4. The fraction of sp³-hybridized carbons (Fsp3) is 0.842. The van der Waals surface area contributed by atoms with Gasteiger partial charge in [0.1, 0.15) is 0 Å². The van der Waals surface area contributed by atoms with Crippen LogP contribution in [0.25, 0.3) is 0 Å². The van der Waals surface area contributed by atoms with Crippen molar-refractivity contribution in [2.45, 2.75) is 96.4 Å². The Hall–Kier alpha value is -1.03. The van der Waals surface area contributed by atoms with Crippen molar-refractivity contribution in [3.05, 3.63) is 11.7 Å². The standard InChI is InChI=1S/C19H32BN3O2/c1-14-16(20-24-17(2,3)18(4,5)25-20)13-23(22-14)19(6,11-12-21)15-9-7-8-10-15/h13-15,22H,7-11H2,1-6H3. The van der Waals surface area contributed by atoms with Gasteiger partial charge in [-0.05, 0) is 65.8 Å². The molecule has 0 bridgehead atoms. The van der Waals surface area contributed by atoms with E-state index in [2.05, 4.69) is 64.2 Å². The van der Waals surface area contributed by atoms with E-state index in [9.17, 15) is 5.26 Å². The summed E-state index contributed by atoms with van der Waals surface area (Å²) in [4.78, 5) is 0. The van der Waals surface area contributed by atoms with Gasteiger partial charge in [-0.1, -0.05) is 12.8 Å². The molecule has 138 valence electrons. The van der Waals surface area contributed by atoms with Crippen molar-refractivity contribution in [1.82, 2.24) is 10.4 Å². The summed E-state index contributed by atoms with van der Waals surface area (Å²) in [7, 11) is -0.340. The summed E-state index contributed by atoms with van der Waals surface area (Å²) in [5, 5.41) is 11.6. The molecule has 2 unspecified atom stereocenters. The molecule has 6 heteroatoms. The molecule has 0 spiro atoms. The van der Waals surface area contributed by atoms with E-state index >= 15 is 0 Å². The summed E-state index contributed by atoms with van der Waals surface area (Å²) >= 11 is 0. The number of hydrogen-bond donors (Lipinski definition) is 1. The van der Waals surface area contributed by atoms with Gasteiger partial charge in [0, 0.05) is 12.2 Å². The van der Waals surface area contributed by atoms with Crippen molar-refractivity contribution >= 4 is 7.12 Å². The number of hydrazine groups is 1. The van der Waals surface area contributed by atoms with E-state index in [4.69, 9.17) is 9.31 Å². The molecule has 3 aliphatic rings. The SMILES string of the molecule is CC1NN(C(C)(CC#N)C2CCCC2)C=C1B1OC(C)(C)C(C)(C)O1. The molecule has 5 nitrogen and oxygen atoms in total. The number of nitriles is 1. The molecule has 2 aliphatic heterocycles. The van der Waals surface area contributed by atoms with Gasteiger partial charge in [-0.15, -0.1) is 0 Å². The lowest BCUT2D eigenvalue weighted by molar-refractivity contribution is 0.00578. The van der Waals surface area contributed by atoms with E-state index in [0.29, 0.717) is 12.3 Å². The molecular formula is C19H32BN3O2. The lowest BCUT2D eigenvalue weighted by atomic mass is 9.75. The highest BCUT2D eigenvalue weighted by molar-refractivity contribution is 6.55. The van der Waals surface area contributed by atoms with Crippen molar-refractivity contribution < 1.29 is 9.31 Å². The van der Waals surface area contributed by atoms with Crippen molar-refractivity contribution in [3.63, 3.8) is 0 Å². The highest BCUT2D eigenvalue weighted by Gasteiger charge is 2.54. The molecule has 3 rings (SSSR count). The third-order valence-electron chi connectivity index (χ3n) is 6.86. The van der Waals surface area contributed by atoms with Gasteiger partial charge in [-0.25, -0.2) is 5.43 Å². The Balaban J connectivity index is 1.84. The maximum atomic E-state index is 9.43. The normalized spacial score (nSPS) is 31.1. The summed E-state index contributed by atoms with van der Waals surface area (Å²) in [6.45, 7) is 12.7. The molecule has 0 amide bonds. The molecule has 1 saturated carbocycles. The molecule has 0 radical (unpaired) electrons. The smallest absolute Gasteiger partial charge is 0.399 e. The first-order valence-corrected chi connectivity index (χ1v) is 9.60. The highest BCUT2D eigenvalue weighted by atomic mass is 16.7. The first-order valence-electron chi connectivity index (χ1n) is 9.60. The van der Waals surface area contributed by atoms with Crippen molar-refractivity contribution in [3.8, 4) is 6.07 Å². The molecule has 0 aromatic carbocycles. The lowest BCUT2D eigenvalue weighted by Gasteiger charge is -2.42. The van der Waals surface area contributed by atoms with Crippen LogP contribution >= 0.6 is 0 Å². The minimum Gasteiger partial charge on any atom is -0.399 e. The van der Waals surface area contributed by atoms with E-state index in [1.54, 1.807) is 0 Å². The minimum absolute atomic E-state index is 0.133. The highest BCUT2D eigenvalue weighted by Crippen LogP contribution is 2.43. The van der Waals surface area contributed by atoms with Crippen LogP contribution in [0, 0.1) is 17.2 Å². The third kappa shape index (κ3) is 3.11. The van der Waals surface area contributed by atoms with Crippen LogP contribution in [-0.4, -0.2) is 34.9 Å². The van der Waals surface area contributed by atoms with E-state index in [0.717, 1.165) is 5.47 Å². The van der Waals surface area contributed by atoms with Gasteiger partial charge in [0.2, 0.25) is 0 Å². The predicted octanol–water partition coefficient (Wildman–Crippen LogP) is 3.57. The quantitative estimate of drug-likeness (QED) is 0.790. The fourth-order valence-electron chi connectivity index (χ4n) is 4.25. The van der Waals surface area contributed by atoms with Crippen LogP contribution in [0.5, 0.6) is 0 Å². The van der Waals surface area contributed by atoms with E-state index in [1.807, 2.05) is 0 Å². The third-order valence-corrected chi connectivity index (χ3v) is 6.86. The summed E-state index contributed by atoms with van der Waals surface area (Å²) in [6, 6.07) is 2.55. The maximum absolute atomic E-state index is 9.43. The summed E-state index contributed by atoms with van der Waals surface area (Å²) in [5.74, 6) is 0.542. The van der Waals surface area contributed by atoms with Gasteiger partial charge in [0.25, 0.3) is 0 Å². The monoisotopic (exact) mass is 345 g/mol. The van der Waals surface area contributed by atoms with Crippen LogP contribution in [0.3, 0.4) is 0 Å². The van der Waals surface area contributed by atoms with E-state index in [1.165, 1.54) is 25.7 Å². The Labute approximate surface area is 152 Å². The Kier molecular flexibility index (Phi) is 4.72. The topological polar surface area (TPSA) is 57.5 Å². The molecule has 1 N–H and O–H groups in total. The molecule has 2 fully saturated rings. The Morgan fingerprint density at radius 2 is 1.84 bits per heavy atom. The average Bonchev–Trinajstić information content (AvgIpc) is 3.19. The number of nitrogens with zero attached hydrogens (tertiary/aromatic N) is 2. The Morgan fingerprint density at radius 3 is 2.36 bits per heavy atom. The van der Waals surface area contributed by atoms with E-state index < -0.39 is 0 Å². The van der Waals surface area contributed by atoms with Gasteiger partial charge >= 0.3 is 7.12 Å². The zero-order chi connectivity index (χ0) is 18.5. The number of hydrogen-bond acceptors (Lipinski definition) is 5. The lowest BCUT2D eigenvalue weighted by Crippen LogP contribution is -2.54. The molecule has 0 aromatic rings. The van der Waals surface area contributed by atoms with Crippen LogP contribution < -0.4 is 5.43 Å². The summed E-state index contributed by atoms with van der Waals surface area (Å²) in [6.07, 6.45) is 7.59. The molecule has 1 aliphatic carbocycles. The first-order chi connectivity index (χ1) is 11.6. The molecular weight excluding hydrogens is 313 g/mol. The molecule has 2 atom stereocenters. The van der Waals surface area contributed by atoms with Crippen LogP contribution in [0.15, 0.2) is 11.7 Å². The summed E-state index contributed by atoms with van der Waals surface area (Å²) < 4.78 is 12.5. The van der Waals surface area contributed by atoms with Gasteiger partial charge < -0.3 is 14.3 Å². The second-order valence-electron chi connectivity index (χ2n) is 9.11. The Morgan fingerprint density at radius 1 is 1.28 bits per heavy atom. The summed E-state index contributed by atoms with van der Waals surface area (Å²) in [5.41, 5.74) is 3.81. The van der Waals surface area contributed by atoms with Gasteiger partial charge in [0.05, 0.1) is 29.2 Å². The minimum atomic E-state index is -0.340. The maximum Gasteiger partial charge on any atom is 0.493 e. The van der Waals surface area contributed by atoms with E-state index in [-0.39, 0.29) is 29.9 Å². The van der Waals surface area contributed by atoms with Gasteiger partial charge in [0.15, 0.2) is 0 Å². The molecule has 1 saturated heterocycles. The zero-order valence-electron chi connectivity index (χ0n) is 16.6.